The Morgan fingerprint density at radius 3 is 2.50 bits per heavy atom. The number of carbonyl (C=O) groups is 1. The van der Waals surface area contributed by atoms with Gasteiger partial charge in [-0.3, -0.25) is 4.79 Å². The Labute approximate surface area is 131 Å². The number of halogens is 1. The molecule has 2 rings (SSSR count). The van der Waals surface area contributed by atoms with Crippen LogP contribution >= 0.6 is 27.3 Å². The summed E-state index contributed by atoms with van der Waals surface area (Å²) in [7, 11) is 1.64. The molecule has 106 valence electrons. The molecular formula is C15H16BrNO2S. The molecule has 0 bridgehead atoms. The maximum atomic E-state index is 12.2. The van der Waals surface area contributed by atoms with Crippen molar-refractivity contribution in [2.24, 2.45) is 0 Å². The molecule has 0 aliphatic heterocycles. The van der Waals surface area contributed by atoms with Gasteiger partial charge in [-0.05, 0) is 52.2 Å². The second kappa shape index (κ2) is 6.90. The summed E-state index contributed by atoms with van der Waals surface area (Å²) in [6.45, 7) is 2.06. The van der Waals surface area contributed by atoms with E-state index in [0.717, 1.165) is 21.5 Å². The van der Waals surface area contributed by atoms with Crippen LogP contribution in [0.25, 0.3) is 0 Å². The second-order valence-electron chi connectivity index (χ2n) is 4.31. The van der Waals surface area contributed by atoms with Crippen LogP contribution in [0.2, 0.25) is 0 Å². The van der Waals surface area contributed by atoms with Crippen LogP contribution in [0.4, 0.5) is 0 Å². The number of amides is 1. The standard InChI is InChI=1S/C15H16BrNO2S/c1-3-12(10-4-6-11(19-2)7-5-10)17-15(18)13-8-9-14(16)20-13/h4-9,12H,3H2,1-2H3,(H,17,18). The first-order valence-corrected chi connectivity index (χ1v) is 7.95. The van der Waals surface area contributed by atoms with Crippen molar-refractivity contribution in [1.82, 2.24) is 5.32 Å². The van der Waals surface area contributed by atoms with Crippen LogP contribution in [-0.2, 0) is 0 Å². The van der Waals surface area contributed by atoms with Gasteiger partial charge in [-0.25, -0.2) is 0 Å². The quantitative estimate of drug-likeness (QED) is 0.864. The van der Waals surface area contributed by atoms with Gasteiger partial charge in [-0.2, -0.15) is 0 Å². The van der Waals surface area contributed by atoms with Gasteiger partial charge in [0, 0.05) is 0 Å². The first-order valence-electron chi connectivity index (χ1n) is 6.34. The molecular weight excluding hydrogens is 338 g/mol. The molecule has 0 fully saturated rings. The van der Waals surface area contributed by atoms with E-state index < -0.39 is 0 Å². The summed E-state index contributed by atoms with van der Waals surface area (Å²) in [6, 6.07) is 11.5. The Bertz CT molecular complexity index is 580. The fourth-order valence-corrected chi connectivity index (χ4v) is 3.21. The Morgan fingerprint density at radius 1 is 1.30 bits per heavy atom. The first kappa shape index (κ1) is 15.1. The zero-order valence-electron chi connectivity index (χ0n) is 11.4. The number of thiophene rings is 1. The minimum absolute atomic E-state index is 0.00859. The largest absolute Gasteiger partial charge is 0.497 e. The molecule has 0 spiro atoms. The number of hydrogen-bond acceptors (Lipinski definition) is 3. The molecule has 1 unspecified atom stereocenters. The molecule has 1 amide bonds. The van der Waals surface area contributed by atoms with Gasteiger partial charge in [0.2, 0.25) is 0 Å². The molecule has 0 aliphatic carbocycles. The fourth-order valence-electron chi connectivity index (χ4n) is 1.92. The predicted octanol–water partition coefficient (Wildman–Crippen LogP) is 4.40. The molecule has 0 radical (unpaired) electrons. The Balaban J connectivity index is 2.09. The third kappa shape index (κ3) is 3.61. The van der Waals surface area contributed by atoms with Gasteiger partial charge in [0.25, 0.3) is 5.91 Å². The third-order valence-electron chi connectivity index (χ3n) is 3.03. The van der Waals surface area contributed by atoms with Crippen molar-refractivity contribution in [2.75, 3.05) is 7.11 Å². The average Bonchev–Trinajstić information content (AvgIpc) is 2.91. The Morgan fingerprint density at radius 2 is 2.00 bits per heavy atom. The van der Waals surface area contributed by atoms with Gasteiger partial charge in [0.05, 0.1) is 21.8 Å². The molecule has 1 atom stereocenters. The maximum Gasteiger partial charge on any atom is 0.261 e. The van der Waals surface area contributed by atoms with E-state index in [4.69, 9.17) is 4.74 Å². The van der Waals surface area contributed by atoms with E-state index in [1.807, 2.05) is 36.4 Å². The lowest BCUT2D eigenvalue weighted by atomic mass is 10.0. The molecule has 1 aromatic carbocycles. The van der Waals surface area contributed by atoms with Crippen LogP contribution in [0.5, 0.6) is 5.75 Å². The fraction of sp³-hybridized carbons (Fsp3) is 0.267. The topological polar surface area (TPSA) is 38.3 Å². The minimum atomic E-state index is -0.0385. The lowest BCUT2D eigenvalue weighted by Gasteiger charge is -2.17. The maximum absolute atomic E-state index is 12.2. The van der Waals surface area contributed by atoms with Gasteiger partial charge >= 0.3 is 0 Å². The molecule has 5 heteroatoms. The first-order chi connectivity index (χ1) is 9.63. The summed E-state index contributed by atoms with van der Waals surface area (Å²) in [5, 5.41) is 3.06. The molecule has 2 aromatic rings. The normalized spacial score (nSPS) is 11.9. The van der Waals surface area contributed by atoms with Crippen molar-refractivity contribution >= 4 is 33.2 Å². The number of hydrogen-bond donors (Lipinski definition) is 1. The van der Waals surface area contributed by atoms with E-state index in [1.54, 1.807) is 7.11 Å². The number of carbonyl (C=O) groups excluding carboxylic acids is 1. The van der Waals surface area contributed by atoms with E-state index >= 15 is 0 Å². The summed E-state index contributed by atoms with van der Waals surface area (Å²) in [6.07, 6.45) is 0.838. The van der Waals surface area contributed by atoms with Crippen LogP contribution in [0.1, 0.15) is 34.6 Å². The zero-order valence-corrected chi connectivity index (χ0v) is 13.8. The highest BCUT2D eigenvalue weighted by Crippen LogP contribution is 2.24. The molecule has 3 nitrogen and oxygen atoms in total. The number of methoxy groups -OCH3 is 1. The van der Waals surface area contributed by atoms with E-state index in [2.05, 4.69) is 28.2 Å². The van der Waals surface area contributed by atoms with E-state index in [-0.39, 0.29) is 11.9 Å². The smallest absolute Gasteiger partial charge is 0.261 e. The van der Waals surface area contributed by atoms with Crippen molar-refractivity contribution in [1.29, 1.82) is 0 Å². The minimum Gasteiger partial charge on any atom is -0.497 e. The SMILES string of the molecule is CCC(NC(=O)c1ccc(Br)s1)c1ccc(OC)cc1. The van der Waals surface area contributed by atoms with Crippen molar-refractivity contribution in [3.05, 3.63) is 50.6 Å². The van der Waals surface area contributed by atoms with Gasteiger partial charge in [0.15, 0.2) is 0 Å². The highest BCUT2D eigenvalue weighted by atomic mass is 79.9. The number of rotatable bonds is 5. The van der Waals surface area contributed by atoms with E-state index in [9.17, 15) is 4.79 Å². The van der Waals surface area contributed by atoms with Crippen LogP contribution in [-0.4, -0.2) is 13.0 Å². The van der Waals surface area contributed by atoms with Crippen molar-refractivity contribution in [2.45, 2.75) is 19.4 Å². The molecule has 0 saturated heterocycles. The third-order valence-corrected chi connectivity index (χ3v) is 4.65. The zero-order chi connectivity index (χ0) is 14.5. The van der Waals surface area contributed by atoms with Crippen molar-refractivity contribution < 1.29 is 9.53 Å². The van der Waals surface area contributed by atoms with E-state index in [1.165, 1.54) is 11.3 Å². The summed E-state index contributed by atoms with van der Waals surface area (Å²) in [5.41, 5.74) is 1.08. The Hall–Kier alpha value is -1.33. The second-order valence-corrected chi connectivity index (χ2v) is 6.77. The van der Waals surface area contributed by atoms with Gasteiger partial charge in [-0.1, -0.05) is 19.1 Å². The molecule has 0 aliphatic rings. The average molecular weight is 354 g/mol. The lowest BCUT2D eigenvalue weighted by molar-refractivity contribution is 0.0939. The van der Waals surface area contributed by atoms with Gasteiger partial charge in [0.1, 0.15) is 5.75 Å². The number of ether oxygens (including phenoxy) is 1. The van der Waals surface area contributed by atoms with Gasteiger partial charge in [-0.15, -0.1) is 11.3 Å². The number of nitrogens with one attached hydrogen (secondary N) is 1. The molecule has 1 heterocycles. The molecule has 0 saturated carbocycles. The monoisotopic (exact) mass is 353 g/mol. The highest BCUT2D eigenvalue weighted by Gasteiger charge is 2.15. The molecule has 1 aromatic heterocycles. The van der Waals surface area contributed by atoms with Crippen LogP contribution < -0.4 is 10.1 Å². The highest BCUT2D eigenvalue weighted by molar-refractivity contribution is 9.11. The number of benzene rings is 1. The summed E-state index contributed by atoms with van der Waals surface area (Å²) in [5.74, 6) is 0.778. The van der Waals surface area contributed by atoms with Crippen molar-refractivity contribution in [3.8, 4) is 5.75 Å². The summed E-state index contributed by atoms with van der Waals surface area (Å²) >= 11 is 4.80. The van der Waals surface area contributed by atoms with Crippen LogP contribution in [0.15, 0.2) is 40.2 Å². The van der Waals surface area contributed by atoms with E-state index in [0.29, 0.717) is 4.88 Å². The van der Waals surface area contributed by atoms with Crippen LogP contribution in [0.3, 0.4) is 0 Å². The van der Waals surface area contributed by atoms with Crippen LogP contribution in [0, 0.1) is 0 Å². The molecule has 1 N–H and O–H groups in total. The lowest BCUT2D eigenvalue weighted by Crippen LogP contribution is -2.27. The molecule has 20 heavy (non-hydrogen) atoms. The van der Waals surface area contributed by atoms with Gasteiger partial charge < -0.3 is 10.1 Å². The Kier molecular flexibility index (Phi) is 5.20. The predicted molar refractivity (Wildman–Crippen MR) is 85.5 cm³/mol. The summed E-state index contributed by atoms with van der Waals surface area (Å²) in [4.78, 5) is 12.9. The summed E-state index contributed by atoms with van der Waals surface area (Å²) < 4.78 is 6.10. The van der Waals surface area contributed by atoms with Crippen molar-refractivity contribution in [3.63, 3.8) is 0 Å².